The number of fused-ring (bicyclic) bond motifs is 1. The summed E-state index contributed by atoms with van der Waals surface area (Å²) in [5, 5.41) is 9.47. The number of allylic oxidation sites excluding steroid dienone is 1. The molecule has 4 aromatic rings. The van der Waals surface area contributed by atoms with E-state index in [1.807, 2.05) is 6.07 Å². The van der Waals surface area contributed by atoms with E-state index in [1.165, 1.54) is 22.0 Å². The first-order valence-electron chi connectivity index (χ1n) is 12.6. The number of thiazole rings is 1. The molecule has 0 bridgehead atoms. The highest BCUT2D eigenvalue weighted by atomic mass is 79.9. The zero-order valence-corrected chi connectivity index (χ0v) is 25.0. The lowest BCUT2D eigenvalue weighted by molar-refractivity contribution is -0.139. The van der Waals surface area contributed by atoms with Crippen LogP contribution in [0.2, 0.25) is 0 Å². The topological polar surface area (TPSA) is 120 Å². The highest BCUT2D eigenvalue weighted by Gasteiger charge is 2.33. The fraction of sp³-hybridized carbons (Fsp3) is 0.200. The zero-order chi connectivity index (χ0) is 29.4. The third kappa shape index (κ3) is 5.18. The maximum atomic E-state index is 13.9. The number of carbonyl (C=O) groups excluding carboxylic acids is 1. The molecule has 0 saturated heterocycles. The predicted octanol–water partition coefficient (Wildman–Crippen LogP) is 4.84. The monoisotopic (exact) mass is 636 g/mol. The molecule has 9 nitrogen and oxygen atoms in total. The fourth-order valence-electron chi connectivity index (χ4n) is 4.80. The van der Waals surface area contributed by atoms with E-state index < -0.39 is 18.0 Å². The van der Waals surface area contributed by atoms with Crippen LogP contribution in [-0.4, -0.2) is 35.3 Å². The van der Waals surface area contributed by atoms with E-state index in [4.69, 9.17) is 13.9 Å². The van der Waals surface area contributed by atoms with Gasteiger partial charge in [-0.25, -0.2) is 14.6 Å². The number of nitrogens with zero attached hydrogens (tertiary/aromatic N) is 2. The minimum atomic E-state index is -1.02. The van der Waals surface area contributed by atoms with Crippen molar-refractivity contribution in [2.24, 2.45) is 4.99 Å². The Morgan fingerprint density at radius 3 is 2.66 bits per heavy atom. The number of carboxylic acids is 1. The van der Waals surface area contributed by atoms with Crippen molar-refractivity contribution in [3.05, 3.63) is 106 Å². The van der Waals surface area contributed by atoms with E-state index in [1.54, 1.807) is 70.4 Å². The number of aromatic carboxylic acids is 1. The minimum Gasteiger partial charge on any atom is -0.496 e. The van der Waals surface area contributed by atoms with Gasteiger partial charge in [-0.15, -0.1) is 0 Å². The third-order valence-electron chi connectivity index (χ3n) is 6.74. The Kier molecular flexibility index (Phi) is 7.83. The highest BCUT2D eigenvalue weighted by molar-refractivity contribution is 9.10. The quantitative estimate of drug-likeness (QED) is 0.288. The van der Waals surface area contributed by atoms with Gasteiger partial charge in [0.1, 0.15) is 17.3 Å². The minimum absolute atomic E-state index is 0.175. The molecule has 3 heterocycles. The summed E-state index contributed by atoms with van der Waals surface area (Å²) in [6, 6.07) is 13.0. The Bertz CT molecular complexity index is 1920. The van der Waals surface area contributed by atoms with Gasteiger partial charge in [0.25, 0.3) is 5.56 Å². The second-order valence-corrected chi connectivity index (χ2v) is 11.0. The van der Waals surface area contributed by atoms with Crippen molar-refractivity contribution in [2.45, 2.75) is 26.8 Å². The van der Waals surface area contributed by atoms with E-state index in [0.717, 1.165) is 0 Å². The number of aromatic nitrogens is 1. The van der Waals surface area contributed by atoms with E-state index in [-0.39, 0.29) is 23.3 Å². The molecule has 0 radical (unpaired) electrons. The first kappa shape index (κ1) is 28.3. The van der Waals surface area contributed by atoms with Crippen LogP contribution in [0.5, 0.6) is 5.75 Å². The van der Waals surface area contributed by atoms with Crippen LogP contribution < -0.4 is 19.6 Å². The maximum absolute atomic E-state index is 13.9. The summed E-state index contributed by atoms with van der Waals surface area (Å²) in [6.45, 7) is 5.34. The second kappa shape index (κ2) is 11.3. The van der Waals surface area contributed by atoms with Gasteiger partial charge in [0.15, 0.2) is 4.80 Å². The molecule has 41 heavy (non-hydrogen) atoms. The van der Waals surface area contributed by atoms with Crippen LogP contribution in [-0.2, 0) is 9.53 Å². The van der Waals surface area contributed by atoms with Crippen molar-refractivity contribution >= 4 is 45.3 Å². The van der Waals surface area contributed by atoms with Crippen molar-refractivity contribution in [2.75, 3.05) is 13.7 Å². The molecule has 0 saturated carbocycles. The first-order chi connectivity index (χ1) is 19.6. The van der Waals surface area contributed by atoms with Crippen LogP contribution in [0.4, 0.5) is 0 Å². The van der Waals surface area contributed by atoms with Gasteiger partial charge in [-0.05, 0) is 78.2 Å². The number of methoxy groups -OCH3 is 1. The Labute approximate surface area is 246 Å². The Morgan fingerprint density at radius 2 is 1.98 bits per heavy atom. The number of rotatable bonds is 7. The van der Waals surface area contributed by atoms with Crippen molar-refractivity contribution in [3.8, 4) is 17.1 Å². The largest absolute Gasteiger partial charge is 0.496 e. The molecule has 0 fully saturated rings. The van der Waals surface area contributed by atoms with Gasteiger partial charge in [0.2, 0.25) is 0 Å². The molecule has 1 N–H and O–H groups in total. The summed E-state index contributed by atoms with van der Waals surface area (Å²) in [6.07, 6.45) is 1.62. The molecule has 5 rings (SSSR count). The number of hydrogen-bond donors (Lipinski definition) is 1. The summed E-state index contributed by atoms with van der Waals surface area (Å²) in [5.41, 5.74) is 2.48. The number of hydrogen-bond acceptors (Lipinski definition) is 8. The molecule has 0 unspecified atom stereocenters. The summed E-state index contributed by atoms with van der Waals surface area (Å²) >= 11 is 4.69. The molecule has 1 aliphatic heterocycles. The van der Waals surface area contributed by atoms with Gasteiger partial charge in [0, 0.05) is 11.6 Å². The molecule has 1 aliphatic rings. The van der Waals surface area contributed by atoms with Crippen LogP contribution in [0, 0.1) is 6.92 Å². The van der Waals surface area contributed by atoms with Crippen molar-refractivity contribution < 1.29 is 28.6 Å². The summed E-state index contributed by atoms with van der Waals surface area (Å²) in [4.78, 5) is 43.6. The Balaban J connectivity index is 1.64. The van der Waals surface area contributed by atoms with Gasteiger partial charge in [-0.3, -0.25) is 9.36 Å². The number of carbonyl (C=O) groups is 2. The average Bonchev–Trinajstić information content (AvgIpc) is 3.52. The van der Waals surface area contributed by atoms with E-state index in [2.05, 4.69) is 20.9 Å². The first-order valence-corrected chi connectivity index (χ1v) is 14.2. The molecule has 1 atom stereocenters. The van der Waals surface area contributed by atoms with Gasteiger partial charge >= 0.3 is 11.9 Å². The van der Waals surface area contributed by atoms with Crippen LogP contribution in [0.3, 0.4) is 0 Å². The van der Waals surface area contributed by atoms with Crippen molar-refractivity contribution in [1.29, 1.82) is 0 Å². The van der Waals surface area contributed by atoms with Gasteiger partial charge in [0.05, 0.1) is 45.6 Å². The van der Waals surface area contributed by atoms with Crippen molar-refractivity contribution in [1.82, 2.24) is 4.57 Å². The number of benzene rings is 2. The third-order valence-corrected chi connectivity index (χ3v) is 8.34. The smallest absolute Gasteiger partial charge is 0.338 e. The molecule has 11 heteroatoms. The summed E-state index contributed by atoms with van der Waals surface area (Å²) in [7, 11) is 1.56. The number of esters is 1. The van der Waals surface area contributed by atoms with Gasteiger partial charge < -0.3 is 19.0 Å². The second-order valence-electron chi connectivity index (χ2n) is 9.18. The molecular formula is C30H25BrN2O7S. The number of carboxylic acid groups (broad SMARTS) is 1. The van der Waals surface area contributed by atoms with E-state index in [0.29, 0.717) is 53.5 Å². The molecule has 0 spiro atoms. The molecule has 2 aromatic heterocycles. The normalized spacial score (nSPS) is 15.0. The van der Waals surface area contributed by atoms with E-state index in [9.17, 15) is 19.5 Å². The van der Waals surface area contributed by atoms with Crippen LogP contribution >= 0.6 is 27.3 Å². The lowest BCUT2D eigenvalue weighted by Crippen LogP contribution is -2.39. The Morgan fingerprint density at radius 1 is 1.20 bits per heavy atom. The molecule has 0 aliphatic carbocycles. The highest BCUT2D eigenvalue weighted by Crippen LogP contribution is 2.35. The summed E-state index contributed by atoms with van der Waals surface area (Å²) < 4.78 is 19.3. The summed E-state index contributed by atoms with van der Waals surface area (Å²) in [5.74, 6) is -0.0680. The van der Waals surface area contributed by atoms with Gasteiger partial charge in [-0.1, -0.05) is 29.5 Å². The average molecular weight is 638 g/mol. The SMILES string of the molecule is CCOC(=O)C1=C(C)N=c2s/c(=C\c3ccc(-c4cccc(C(=O)O)c4C)o3)c(=O)n2[C@H]1c1ccc(OC)c(Br)c1. The fourth-order valence-corrected chi connectivity index (χ4v) is 6.38. The van der Waals surface area contributed by atoms with Crippen LogP contribution in [0.25, 0.3) is 17.4 Å². The number of ether oxygens (including phenoxy) is 2. The molecule has 210 valence electrons. The lowest BCUT2D eigenvalue weighted by Gasteiger charge is -2.25. The zero-order valence-electron chi connectivity index (χ0n) is 22.6. The predicted molar refractivity (Wildman–Crippen MR) is 157 cm³/mol. The number of furan rings is 1. The van der Waals surface area contributed by atoms with Gasteiger partial charge in [-0.2, -0.15) is 0 Å². The molecule has 0 amide bonds. The number of halogens is 1. The van der Waals surface area contributed by atoms with Crippen LogP contribution in [0.1, 0.15) is 47.1 Å². The Hall–Kier alpha value is -4.22. The molecule has 2 aromatic carbocycles. The lowest BCUT2D eigenvalue weighted by atomic mass is 9.96. The van der Waals surface area contributed by atoms with E-state index >= 15 is 0 Å². The maximum Gasteiger partial charge on any atom is 0.338 e. The van der Waals surface area contributed by atoms with Crippen LogP contribution in [0.15, 0.2) is 78.5 Å². The van der Waals surface area contributed by atoms with Crippen molar-refractivity contribution in [3.63, 3.8) is 0 Å². The molecular weight excluding hydrogens is 612 g/mol. The standard InChI is InChI=1S/C30H25BrN2O7S/c1-5-39-29(37)25-16(3)32-30-33(26(25)17-9-11-23(38-4)21(31)13-17)27(34)24(41-30)14-18-10-12-22(40-18)19-7-6-8-20(15(19)2)28(35)36/h6-14,26H,5H2,1-4H3,(H,35,36)/b24-14-/t26-/m0/s1.